The molecule has 5 heteroatoms. The van der Waals surface area contributed by atoms with Crippen LogP contribution in [0.5, 0.6) is 5.75 Å². The summed E-state index contributed by atoms with van der Waals surface area (Å²) < 4.78 is 6.09. The molecular formula is C19H22N2O3. The van der Waals surface area contributed by atoms with E-state index in [1.165, 1.54) is 0 Å². The van der Waals surface area contributed by atoms with Gasteiger partial charge in [0.1, 0.15) is 11.8 Å². The second-order valence-electron chi connectivity index (χ2n) is 7.38. The van der Waals surface area contributed by atoms with Crippen molar-refractivity contribution in [1.82, 2.24) is 4.90 Å². The molecule has 0 saturated heterocycles. The highest BCUT2D eigenvalue weighted by Gasteiger charge is 2.48. The van der Waals surface area contributed by atoms with Crippen LogP contribution >= 0.6 is 0 Å². The molecular weight excluding hydrogens is 304 g/mol. The molecule has 24 heavy (non-hydrogen) atoms. The Morgan fingerprint density at radius 2 is 2.25 bits per heavy atom. The van der Waals surface area contributed by atoms with E-state index < -0.39 is 11.7 Å². The lowest BCUT2D eigenvalue weighted by atomic mass is 9.74. The molecule has 3 unspecified atom stereocenters. The quantitative estimate of drug-likeness (QED) is 0.784. The maximum atomic E-state index is 12.4. The van der Waals surface area contributed by atoms with E-state index in [-0.39, 0.29) is 11.8 Å². The molecule has 0 radical (unpaired) electrons. The predicted octanol–water partition coefficient (Wildman–Crippen LogP) is 1.59. The third kappa shape index (κ3) is 2.33. The molecule has 1 N–H and O–H groups in total. The molecule has 1 aliphatic carbocycles. The highest BCUT2D eigenvalue weighted by atomic mass is 16.5. The first-order valence-corrected chi connectivity index (χ1v) is 8.69. The number of aliphatic hydroxyl groups is 1. The number of nitriles is 1. The number of fused-ring (bicyclic) bond motifs is 4. The van der Waals surface area contributed by atoms with Crippen molar-refractivity contribution < 1.29 is 14.6 Å². The number of nitrogens with zero attached hydrogens (tertiary/aromatic N) is 2. The van der Waals surface area contributed by atoms with E-state index in [1.807, 2.05) is 6.07 Å². The molecule has 5 nitrogen and oxygen atoms in total. The molecule has 3 atom stereocenters. The molecule has 3 aliphatic rings. The van der Waals surface area contributed by atoms with Gasteiger partial charge in [0.15, 0.2) is 11.9 Å². The van der Waals surface area contributed by atoms with E-state index in [2.05, 4.69) is 18.0 Å². The number of benzene rings is 1. The third-order valence-corrected chi connectivity index (χ3v) is 5.94. The predicted molar refractivity (Wildman–Crippen MR) is 87.8 cm³/mol. The summed E-state index contributed by atoms with van der Waals surface area (Å²) in [5, 5.41) is 20.8. The van der Waals surface area contributed by atoms with Gasteiger partial charge < -0.3 is 14.7 Å². The lowest BCUT2D eigenvalue weighted by molar-refractivity contribution is -0.142. The number of likely N-dealkylation sites (N-methyl/N-ethyl adjacent to an activating group) is 1. The van der Waals surface area contributed by atoms with E-state index >= 15 is 0 Å². The Morgan fingerprint density at radius 1 is 1.42 bits per heavy atom. The van der Waals surface area contributed by atoms with Crippen LogP contribution in [-0.2, 0) is 17.6 Å². The minimum absolute atomic E-state index is 0.0301. The van der Waals surface area contributed by atoms with Crippen molar-refractivity contribution in [2.24, 2.45) is 0 Å². The summed E-state index contributed by atoms with van der Waals surface area (Å²) in [6.07, 6.45) is 2.97. The molecule has 1 aromatic rings. The maximum absolute atomic E-state index is 12.4. The van der Waals surface area contributed by atoms with E-state index in [1.54, 1.807) is 6.07 Å². The molecule has 0 amide bonds. The average Bonchev–Trinajstić information content (AvgIpc) is 2.56. The van der Waals surface area contributed by atoms with Gasteiger partial charge in [-0.1, -0.05) is 6.07 Å². The van der Waals surface area contributed by atoms with E-state index in [4.69, 9.17) is 4.74 Å². The maximum Gasteiger partial charge on any atom is 0.173 e. The van der Waals surface area contributed by atoms with E-state index in [9.17, 15) is 15.2 Å². The Balaban J connectivity index is 1.93. The highest BCUT2D eigenvalue weighted by molar-refractivity contribution is 5.84. The van der Waals surface area contributed by atoms with Crippen molar-refractivity contribution in [2.45, 2.75) is 56.3 Å². The topological polar surface area (TPSA) is 73.6 Å². The fourth-order valence-corrected chi connectivity index (χ4v) is 4.57. The van der Waals surface area contributed by atoms with Crippen molar-refractivity contribution in [3.05, 3.63) is 28.8 Å². The van der Waals surface area contributed by atoms with Gasteiger partial charge in [-0.2, -0.15) is 5.26 Å². The number of ketones is 1. The van der Waals surface area contributed by atoms with Crippen LogP contribution in [0.15, 0.2) is 12.1 Å². The average molecular weight is 326 g/mol. The Hall–Kier alpha value is -1.90. The Labute approximate surface area is 141 Å². The molecule has 1 saturated carbocycles. The number of ether oxygens (including phenoxy) is 1. The summed E-state index contributed by atoms with van der Waals surface area (Å²) in [5.41, 5.74) is 1.75. The largest absolute Gasteiger partial charge is 0.481 e. The molecule has 126 valence electrons. The van der Waals surface area contributed by atoms with Crippen molar-refractivity contribution in [3.8, 4) is 11.8 Å². The Bertz CT molecular complexity index is 739. The fraction of sp³-hybridized carbons (Fsp3) is 0.579. The molecule has 1 fully saturated rings. The number of Topliss-reactive ketones (excluding diaryl/α,β-unsaturated/α-hetero) is 1. The zero-order valence-electron chi connectivity index (χ0n) is 13.9. The summed E-state index contributed by atoms with van der Waals surface area (Å²) in [4.78, 5) is 14.6. The van der Waals surface area contributed by atoms with Gasteiger partial charge in [0.2, 0.25) is 0 Å². The number of rotatable bonds is 0. The van der Waals surface area contributed by atoms with Crippen LogP contribution in [0, 0.1) is 11.3 Å². The lowest BCUT2D eigenvalue weighted by Gasteiger charge is -2.45. The fourth-order valence-electron chi connectivity index (χ4n) is 4.57. The smallest absolute Gasteiger partial charge is 0.173 e. The molecule has 0 spiro atoms. The van der Waals surface area contributed by atoms with Crippen LogP contribution in [-0.4, -0.2) is 47.1 Å². The minimum Gasteiger partial charge on any atom is -0.481 e. The standard InChI is InChI=1S/C19H22N2O3/c1-21-8-2-3-14-12-4-5-13(11-20)18(14)24-16-10-19(23,17(21)9-12)7-6-15(16)22/h4-5,16-17,23H,2-3,6-10H2,1H3. The van der Waals surface area contributed by atoms with Gasteiger partial charge in [0.05, 0.1) is 11.2 Å². The monoisotopic (exact) mass is 326 g/mol. The molecule has 2 aliphatic heterocycles. The molecule has 1 aromatic carbocycles. The van der Waals surface area contributed by atoms with Crippen molar-refractivity contribution >= 4 is 5.78 Å². The van der Waals surface area contributed by atoms with Crippen LogP contribution < -0.4 is 4.74 Å². The van der Waals surface area contributed by atoms with Crippen molar-refractivity contribution in [1.29, 1.82) is 5.26 Å². The summed E-state index contributed by atoms with van der Waals surface area (Å²) in [6.45, 7) is 0.890. The van der Waals surface area contributed by atoms with Gasteiger partial charge in [0.25, 0.3) is 0 Å². The minimum atomic E-state index is -0.929. The summed E-state index contributed by atoms with van der Waals surface area (Å²) in [6, 6.07) is 5.95. The van der Waals surface area contributed by atoms with Crippen molar-refractivity contribution in [2.75, 3.05) is 13.6 Å². The number of carbonyl (C=O) groups excluding carboxylic acids is 1. The normalized spacial score (nSPS) is 32.6. The first kappa shape index (κ1) is 15.6. The van der Waals surface area contributed by atoms with Gasteiger partial charge in [-0.3, -0.25) is 4.79 Å². The third-order valence-electron chi connectivity index (χ3n) is 5.94. The Kier molecular flexibility index (Phi) is 3.63. The molecule has 6 bridgehead atoms. The number of hydrogen-bond donors (Lipinski definition) is 1. The van der Waals surface area contributed by atoms with Gasteiger partial charge in [0, 0.05) is 18.9 Å². The second kappa shape index (κ2) is 5.58. The first-order valence-electron chi connectivity index (χ1n) is 8.69. The number of carbonyl (C=O) groups is 1. The van der Waals surface area contributed by atoms with Gasteiger partial charge >= 0.3 is 0 Å². The zero-order valence-corrected chi connectivity index (χ0v) is 13.9. The number of hydrogen-bond acceptors (Lipinski definition) is 5. The van der Waals surface area contributed by atoms with Crippen molar-refractivity contribution in [3.63, 3.8) is 0 Å². The van der Waals surface area contributed by atoms with E-state index in [0.29, 0.717) is 30.6 Å². The second-order valence-corrected chi connectivity index (χ2v) is 7.38. The van der Waals surface area contributed by atoms with Crippen LogP contribution in [0.25, 0.3) is 0 Å². The zero-order chi connectivity index (χ0) is 16.9. The summed E-state index contributed by atoms with van der Waals surface area (Å²) >= 11 is 0. The van der Waals surface area contributed by atoms with Crippen LogP contribution in [0.4, 0.5) is 0 Å². The lowest BCUT2D eigenvalue weighted by Crippen LogP contribution is -2.58. The van der Waals surface area contributed by atoms with Crippen LogP contribution in [0.2, 0.25) is 0 Å². The van der Waals surface area contributed by atoms with Crippen LogP contribution in [0.1, 0.15) is 42.4 Å². The summed E-state index contributed by atoms with van der Waals surface area (Å²) in [7, 11) is 2.06. The molecule has 4 rings (SSSR count). The Morgan fingerprint density at radius 3 is 3.04 bits per heavy atom. The van der Waals surface area contributed by atoms with Crippen LogP contribution in [0.3, 0.4) is 0 Å². The summed E-state index contributed by atoms with van der Waals surface area (Å²) in [5.74, 6) is 0.602. The van der Waals surface area contributed by atoms with Gasteiger partial charge in [-0.25, -0.2) is 0 Å². The van der Waals surface area contributed by atoms with Gasteiger partial charge in [-0.05, 0) is 56.5 Å². The SMILES string of the molecule is CN1CCCc2c3ccc(C#N)c2OC2CC(O)(CCC2=O)C1C3. The molecule has 0 aromatic heterocycles. The highest BCUT2D eigenvalue weighted by Crippen LogP contribution is 2.41. The first-order chi connectivity index (χ1) is 11.5. The molecule has 2 heterocycles. The van der Waals surface area contributed by atoms with E-state index in [0.717, 1.165) is 36.9 Å². The van der Waals surface area contributed by atoms with Gasteiger partial charge in [-0.15, -0.1) is 0 Å².